The molecule has 2 bridgehead atoms. The minimum Gasteiger partial charge on any atom is -0.311 e. The number of imide groups is 1. The molecule has 162 valence electrons. The van der Waals surface area contributed by atoms with Crippen LogP contribution in [0.25, 0.3) is 0 Å². The lowest BCUT2D eigenvalue weighted by atomic mass is 9.85. The summed E-state index contributed by atoms with van der Waals surface area (Å²) in [5.74, 6) is -1.29. The minimum absolute atomic E-state index is 0.0475. The fourth-order valence-corrected chi connectivity index (χ4v) is 5.22. The molecule has 0 radical (unpaired) electrons. The number of nitro benzene ring substituents is 1. The third-order valence-electron chi connectivity index (χ3n) is 6.62. The molecule has 32 heavy (non-hydrogen) atoms. The van der Waals surface area contributed by atoms with Crippen molar-refractivity contribution in [3.05, 3.63) is 76.5 Å². The van der Waals surface area contributed by atoms with Crippen LogP contribution in [0.2, 0.25) is 0 Å². The van der Waals surface area contributed by atoms with E-state index in [2.05, 4.69) is 10.3 Å². The molecule has 1 saturated heterocycles. The average molecular weight is 432 g/mol. The molecule has 1 N–H and O–H groups in total. The minimum atomic E-state index is -0.857. The summed E-state index contributed by atoms with van der Waals surface area (Å²) in [6, 6.07) is 9.86. The molecular weight excluding hydrogens is 412 g/mol. The Bertz CT molecular complexity index is 1100. The van der Waals surface area contributed by atoms with Crippen LogP contribution in [0.3, 0.4) is 0 Å². The maximum atomic E-state index is 13.3. The van der Waals surface area contributed by atoms with Crippen molar-refractivity contribution in [1.29, 1.82) is 0 Å². The van der Waals surface area contributed by atoms with E-state index in [4.69, 9.17) is 0 Å². The molecule has 1 aromatic heterocycles. The quantitative estimate of drug-likeness (QED) is 0.324. The van der Waals surface area contributed by atoms with Gasteiger partial charge in [-0.25, -0.2) is 4.98 Å². The fourth-order valence-electron chi connectivity index (χ4n) is 5.22. The molecule has 1 aliphatic heterocycles. The van der Waals surface area contributed by atoms with Gasteiger partial charge in [0.1, 0.15) is 5.82 Å². The van der Waals surface area contributed by atoms with E-state index in [1.165, 1.54) is 29.2 Å². The zero-order valence-electron chi connectivity index (χ0n) is 17.0. The number of fused-ring (bicyclic) bond motifs is 5. The van der Waals surface area contributed by atoms with Crippen molar-refractivity contribution < 1.29 is 19.3 Å². The molecule has 2 aromatic rings. The predicted octanol–water partition coefficient (Wildman–Crippen LogP) is 2.87. The van der Waals surface area contributed by atoms with Gasteiger partial charge in [0, 0.05) is 18.3 Å². The highest BCUT2D eigenvalue weighted by molar-refractivity contribution is 6.07. The normalized spacial score (nSPS) is 26.3. The molecule has 1 saturated carbocycles. The van der Waals surface area contributed by atoms with Crippen LogP contribution in [0.4, 0.5) is 11.5 Å². The Morgan fingerprint density at radius 3 is 2.31 bits per heavy atom. The van der Waals surface area contributed by atoms with Crippen LogP contribution in [0, 0.1) is 33.8 Å². The number of carbonyl (C=O) groups is 3. The molecule has 0 spiro atoms. The highest BCUT2D eigenvalue weighted by atomic mass is 16.6. The Morgan fingerprint density at radius 2 is 1.75 bits per heavy atom. The van der Waals surface area contributed by atoms with E-state index in [1.54, 1.807) is 24.4 Å². The van der Waals surface area contributed by atoms with Gasteiger partial charge in [-0.05, 0) is 36.0 Å². The number of nitro groups is 1. The average Bonchev–Trinajstić information content (AvgIpc) is 3.47. The van der Waals surface area contributed by atoms with E-state index in [-0.39, 0.29) is 35.8 Å². The summed E-state index contributed by atoms with van der Waals surface area (Å²) in [6.07, 6.45) is 6.20. The van der Waals surface area contributed by atoms with Crippen LogP contribution < -0.4 is 5.32 Å². The number of hydrogen-bond acceptors (Lipinski definition) is 6. The molecule has 5 unspecified atom stereocenters. The first-order valence-electron chi connectivity index (χ1n) is 10.4. The number of allylic oxidation sites excluding steroid dienone is 2. The van der Waals surface area contributed by atoms with Gasteiger partial charge in [0.05, 0.1) is 29.2 Å². The van der Waals surface area contributed by atoms with E-state index >= 15 is 0 Å². The lowest BCUT2D eigenvalue weighted by molar-refractivity contribution is -0.384. The molecule has 9 nitrogen and oxygen atoms in total. The molecule has 1 aromatic carbocycles. The number of non-ortho nitro benzene ring substituents is 1. The third-order valence-corrected chi connectivity index (χ3v) is 6.62. The second kappa shape index (κ2) is 7.67. The number of nitrogens with zero attached hydrogens (tertiary/aromatic N) is 3. The highest BCUT2D eigenvalue weighted by Crippen LogP contribution is 2.54. The zero-order valence-corrected chi connectivity index (χ0v) is 17.0. The lowest BCUT2D eigenvalue weighted by Crippen LogP contribution is -2.38. The Hall–Kier alpha value is -3.88. The Balaban J connectivity index is 1.45. The van der Waals surface area contributed by atoms with Crippen LogP contribution in [0.15, 0.2) is 60.8 Å². The number of nitrogens with one attached hydrogen (secondary N) is 1. The van der Waals surface area contributed by atoms with Crippen molar-refractivity contribution in [2.45, 2.75) is 18.9 Å². The van der Waals surface area contributed by atoms with Crippen molar-refractivity contribution in [3.63, 3.8) is 0 Å². The van der Waals surface area contributed by atoms with Crippen LogP contribution in [-0.2, 0) is 14.4 Å². The Morgan fingerprint density at radius 1 is 1.09 bits per heavy atom. The van der Waals surface area contributed by atoms with Crippen LogP contribution in [-0.4, -0.2) is 32.5 Å². The van der Waals surface area contributed by atoms with Crippen molar-refractivity contribution >= 4 is 29.2 Å². The Labute approximate surface area is 183 Å². The van der Waals surface area contributed by atoms with Crippen LogP contribution in [0.5, 0.6) is 0 Å². The number of hydrogen-bond donors (Lipinski definition) is 1. The van der Waals surface area contributed by atoms with Gasteiger partial charge in [-0.1, -0.05) is 30.4 Å². The van der Waals surface area contributed by atoms with Gasteiger partial charge >= 0.3 is 0 Å². The monoisotopic (exact) mass is 432 g/mol. The molecule has 9 heteroatoms. The van der Waals surface area contributed by atoms with Gasteiger partial charge in [0.25, 0.3) is 5.69 Å². The Kier molecular flexibility index (Phi) is 4.80. The van der Waals surface area contributed by atoms with E-state index < -0.39 is 28.7 Å². The van der Waals surface area contributed by atoms with E-state index in [1.807, 2.05) is 12.2 Å². The number of carbonyl (C=O) groups excluding carboxylic acids is 3. The smallest absolute Gasteiger partial charge is 0.269 e. The van der Waals surface area contributed by atoms with Crippen molar-refractivity contribution in [3.8, 4) is 0 Å². The summed E-state index contributed by atoms with van der Waals surface area (Å²) in [5, 5.41) is 13.7. The highest BCUT2D eigenvalue weighted by Gasteiger charge is 2.60. The first kappa shape index (κ1) is 20.0. The summed E-state index contributed by atoms with van der Waals surface area (Å²) in [7, 11) is 0. The number of pyridine rings is 1. The van der Waals surface area contributed by atoms with Crippen molar-refractivity contribution in [2.24, 2.45) is 23.7 Å². The molecule has 2 fully saturated rings. The van der Waals surface area contributed by atoms with E-state index in [0.717, 1.165) is 6.42 Å². The fraction of sp³-hybridized carbons (Fsp3) is 0.304. The van der Waals surface area contributed by atoms with Gasteiger partial charge in [-0.15, -0.1) is 0 Å². The molecule has 5 rings (SSSR count). The maximum absolute atomic E-state index is 13.3. The van der Waals surface area contributed by atoms with E-state index in [9.17, 15) is 24.5 Å². The first-order chi connectivity index (χ1) is 15.4. The number of rotatable bonds is 6. The van der Waals surface area contributed by atoms with Gasteiger partial charge in [0.2, 0.25) is 17.7 Å². The van der Waals surface area contributed by atoms with Gasteiger partial charge in [-0.2, -0.15) is 0 Å². The summed E-state index contributed by atoms with van der Waals surface area (Å²) in [4.78, 5) is 55.3. The third kappa shape index (κ3) is 3.26. The summed E-state index contributed by atoms with van der Waals surface area (Å²) < 4.78 is 0. The topological polar surface area (TPSA) is 123 Å². The molecule has 2 aliphatic carbocycles. The summed E-state index contributed by atoms with van der Waals surface area (Å²) >= 11 is 0. The molecule has 2 heterocycles. The van der Waals surface area contributed by atoms with Gasteiger partial charge < -0.3 is 5.32 Å². The van der Waals surface area contributed by atoms with Gasteiger partial charge in [-0.3, -0.25) is 29.4 Å². The molecule has 5 atom stereocenters. The summed E-state index contributed by atoms with van der Waals surface area (Å²) in [5.41, 5.74) is 0.386. The second-order valence-electron chi connectivity index (χ2n) is 8.38. The molecule has 3 amide bonds. The first-order valence-corrected chi connectivity index (χ1v) is 10.4. The van der Waals surface area contributed by atoms with Crippen LogP contribution >= 0.6 is 0 Å². The molecular formula is C23H20N4O5. The SMILES string of the molecule is O=C(CC(c1ccc([N+](=O)[O-])cc1)N1C(=O)C2C3C=CC(C3)C2C1=O)Nc1ccccn1. The van der Waals surface area contributed by atoms with Gasteiger partial charge in [0.15, 0.2) is 0 Å². The standard InChI is InChI=1S/C23H20N4O5/c28-19(25-18-3-1-2-10-24-18)12-17(13-6-8-16(9-7-13)27(31)32)26-22(29)20-14-4-5-15(11-14)21(20)23(26)30/h1-10,14-15,17,20-21H,11-12H2,(H,24,25,28). The van der Waals surface area contributed by atoms with Crippen molar-refractivity contribution in [1.82, 2.24) is 9.88 Å². The van der Waals surface area contributed by atoms with E-state index in [0.29, 0.717) is 11.4 Å². The summed E-state index contributed by atoms with van der Waals surface area (Å²) in [6.45, 7) is 0. The number of aromatic nitrogens is 1. The predicted molar refractivity (Wildman–Crippen MR) is 113 cm³/mol. The number of anilines is 1. The number of amides is 3. The largest absolute Gasteiger partial charge is 0.311 e. The maximum Gasteiger partial charge on any atom is 0.269 e. The number of likely N-dealkylation sites (tertiary alicyclic amines) is 1. The zero-order chi connectivity index (χ0) is 22.4. The number of benzene rings is 1. The lowest BCUT2D eigenvalue weighted by Gasteiger charge is -2.28. The van der Waals surface area contributed by atoms with Crippen LogP contribution in [0.1, 0.15) is 24.4 Å². The van der Waals surface area contributed by atoms with Crippen molar-refractivity contribution in [2.75, 3.05) is 5.32 Å². The molecule has 3 aliphatic rings. The second-order valence-corrected chi connectivity index (χ2v) is 8.38.